The Morgan fingerprint density at radius 3 is 2.52 bits per heavy atom. The van der Waals surface area contributed by atoms with Gasteiger partial charge < -0.3 is 15.6 Å². The molecular weight excluding hydrogens is 294 g/mol. The Kier molecular flexibility index (Phi) is 5.54. The van der Waals surface area contributed by atoms with Gasteiger partial charge in [0.2, 0.25) is 0 Å². The van der Waals surface area contributed by atoms with Crippen LogP contribution in [0.4, 0.5) is 0 Å². The summed E-state index contributed by atoms with van der Waals surface area (Å²) in [6.07, 6.45) is 0. The molecule has 1 aromatic rings. The van der Waals surface area contributed by atoms with Crippen LogP contribution in [0.2, 0.25) is 0 Å². The number of amides is 1. The number of hydrogen-bond acceptors (Lipinski definition) is 5. The van der Waals surface area contributed by atoms with E-state index in [-0.39, 0.29) is 22.4 Å². The van der Waals surface area contributed by atoms with Gasteiger partial charge in [0, 0.05) is 44.7 Å². The van der Waals surface area contributed by atoms with E-state index in [1.165, 1.54) is 0 Å². The Morgan fingerprint density at radius 2 is 1.96 bits per heavy atom. The standard InChI is InChI=1S/C16H27N5O2/c1-11-12(14(23)20-15(19-11)16(2,3)4)13(22)18-7-10-21-8-5-17-6-9-21/h17H,5-10H2,1-4H3,(H,18,22)(H,19,20,23). The molecule has 0 aliphatic carbocycles. The Morgan fingerprint density at radius 1 is 1.30 bits per heavy atom. The predicted octanol–water partition coefficient (Wildman–Crippen LogP) is 0.0108. The normalized spacial score (nSPS) is 16.3. The lowest BCUT2D eigenvalue weighted by Gasteiger charge is -2.27. The van der Waals surface area contributed by atoms with Crippen molar-refractivity contribution in [2.45, 2.75) is 33.1 Å². The molecule has 7 heteroatoms. The molecule has 0 saturated carbocycles. The van der Waals surface area contributed by atoms with Crippen molar-refractivity contribution < 1.29 is 4.79 Å². The van der Waals surface area contributed by atoms with Crippen molar-refractivity contribution in [3.63, 3.8) is 0 Å². The number of nitrogens with one attached hydrogen (secondary N) is 3. The second kappa shape index (κ2) is 7.23. The van der Waals surface area contributed by atoms with Crippen molar-refractivity contribution in [1.82, 2.24) is 25.5 Å². The first-order chi connectivity index (χ1) is 10.8. The minimum Gasteiger partial charge on any atom is -0.351 e. The lowest BCUT2D eigenvalue weighted by Crippen LogP contribution is -2.46. The fourth-order valence-electron chi connectivity index (χ4n) is 2.56. The van der Waals surface area contributed by atoms with Crippen LogP contribution >= 0.6 is 0 Å². The largest absolute Gasteiger partial charge is 0.351 e. The van der Waals surface area contributed by atoms with Gasteiger partial charge in [-0.3, -0.25) is 14.5 Å². The van der Waals surface area contributed by atoms with E-state index in [0.29, 0.717) is 18.1 Å². The van der Waals surface area contributed by atoms with E-state index in [9.17, 15) is 9.59 Å². The molecular formula is C16H27N5O2. The van der Waals surface area contributed by atoms with Crippen molar-refractivity contribution in [2.75, 3.05) is 39.3 Å². The van der Waals surface area contributed by atoms with Crippen LogP contribution in [0.25, 0.3) is 0 Å². The first kappa shape index (κ1) is 17.6. The first-order valence-corrected chi connectivity index (χ1v) is 8.11. The third-order valence-electron chi connectivity index (χ3n) is 3.96. The van der Waals surface area contributed by atoms with Crippen molar-refractivity contribution in [3.8, 4) is 0 Å². The maximum absolute atomic E-state index is 12.3. The molecule has 0 spiro atoms. The van der Waals surface area contributed by atoms with Gasteiger partial charge in [0.15, 0.2) is 0 Å². The van der Waals surface area contributed by atoms with Crippen molar-refractivity contribution in [2.24, 2.45) is 0 Å². The molecule has 0 atom stereocenters. The molecule has 23 heavy (non-hydrogen) atoms. The van der Waals surface area contributed by atoms with E-state index >= 15 is 0 Å². The molecule has 2 heterocycles. The number of nitrogens with zero attached hydrogens (tertiary/aromatic N) is 2. The van der Waals surface area contributed by atoms with E-state index < -0.39 is 0 Å². The summed E-state index contributed by atoms with van der Waals surface area (Å²) in [6, 6.07) is 0. The molecule has 1 saturated heterocycles. The second-order valence-electron chi connectivity index (χ2n) is 6.97. The van der Waals surface area contributed by atoms with Crippen LogP contribution in [0.15, 0.2) is 4.79 Å². The van der Waals surface area contributed by atoms with E-state index in [4.69, 9.17) is 0 Å². The number of piperazine rings is 1. The maximum Gasteiger partial charge on any atom is 0.264 e. The number of hydrogen-bond donors (Lipinski definition) is 3. The molecule has 0 radical (unpaired) electrons. The Hall–Kier alpha value is -1.73. The van der Waals surface area contributed by atoms with Gasteiger partial charge in [0.05, 0.1) is 5.69 Å². The van der Waals surface area contributed by atoms with Gasteiger partial charge in [-0.15, -0.1) is 0 Å². The van der Waals surface area contributed by atoms with Gasteiger partial charge in [0.25, 0.3) is 11.5 Å². The minimum absolute atomic E-state index is 0.110. The number of rotatable bonds is 4. The predicted molar refractivity (Wildman–Crippen MR) is 89.9 cm³/mol. The van der Waals surface area contributed by atoms with Crippen LogP contribution in [-0.4, -0.2) is 60.0 Å². The van der Waals surface area contributed by atoms with Crippen LogP contribution in [0.3, 0.4) is 0 Å². The van der Waals surface area contributed by atoms with Gasteiger partial charge in [0.1, 0.15) is 11.4 Å². The summed E-state index contributed by atoms with van der Waals surface area (Å²) in [5, 5.41) is 6.11. The van der Waals surface area contributed by atoms with Crippen LogP contribution < -0.4 is 16.2 Å². The molecule has 3 N–H and O–H groups in total. The molecule has 1 aliphatic rings. The quantitative estimate of drug-likeness (QED) is 0.727. The van der Waals surface area contributed by atoms with Gasteiger partial charge in [-0.25, -0.2) is 4.98 Å². The number of H-pyrrole nitrogens is 1. The van der Waals surface area contributed by atoms with Crippen LogP contribution in [0, 0.1) is 6.92 Å². The highest BCUT2D eigenvalue weighted by atomic mass is 16.2. The number of carbonyl (C=O) groups is 1. The third kappa shape index (κ3) is 4.62. The van der Waals surface area contributed by atoms with Crippen LogP contribution in [0.5, 0.6) is 0 Å². The summed E-state index contributed by atoms with van der Waals surface area (Å²) in [4.78, 5) is 33.9. The minimum atomic E-state index is -0.373. The summed E-state index contributed by atoms with van der Waals surface area (Å²) in [5.41, 5.74) is -0.0555. The second-order valence-corrected chi connectivity index (χ2v) is 6.97. The van der Waals surface area contributed by atoms with Crippen LogP contribution in [0.1, 0.15) is 42.6 Å². The number of aromatic amines is 1. The van der Waals surface area contributed by atoms with E-state index in [2.05, 4.69) is 25.5 Å². The van der Waals surface area contributed by atoms with Crippen LogP contribution in [-0.2, 0) is 5.41 Å². The SMILES string of the molecule is Cc1nc(C(C)(C)C)[nH]c(=O)c1C(=O)NCCN1CCNCC1. The fourth-order valence-corrected chi connectivity index (χ4v) is 2.56. The van der Waals surface area contributed by atoms with Crippen molar-refractivity contribution in [3.05, 3.63) is 27.4 Å². The highest BCUT2D eigenvalue weighted by Gasteiger charge is 2.22. The number of carbonyl (C=O) groups excluding carboxylic acids is 1. The van der Waals surface area contributed by atoms with E-state index in [1.807, 2.05) is 20.8 Å². The molecule has 1 aliphatic heterocycles. The van der Waals surface area contributed by atoms with Gasteiger partial charge >= 0.3 is 0 Å². The molecule has 1 fully saturated rings. The lowest BCUT2D eigenvalue weighted by molar-refractivity contribution is 0.0944. The summed E-state index contributed by atoms with van der Waals surface area (Å²) in [5.74, 6) is 0.240. The number of aromatic nitrogens is 2. The Balaban J connectivity index is 2.00. The van der Waals surface area contributed by atoms with Crippen molar-refractivity contribution in [1.29, 1.82) is 0 Å². The topological polar surface area (TPSA) is 90.1 Å². The summed E-state index contributed by atoms with van der Waals surface area (Å²) in [7, 11) is 0. The molecule has 128 valence electrons. The zero-order valence-corrected chi connectivity index (χ0v) is 14.5. The molecule has 0 aromatic carbocycles. The average molecular weight is 321 g/mol. The smallest absolute Gasteiger partial charge is 0.264 e. The van der Waals surface area contributed by atoms with E-state index in [0.717, 1.165) is 32.7 Å². The highest BCUT2D eigenvalue weighted by Crippen LogP contribution is 2.17. The monoisotopic (exact) mass is 321 g/mol. The molecule has 0 bridgehead atoms. The van der Waals surface area contributed by atoms with Gasteiger partial charge in [-0.2, -0.15) is 0 Å². The molecule has 2 rings (SSSR count). The third-order valence-corrected chi connectivity index (χ3v) is 3.96. The zero-order chi connectivity index (χ0) is 17.0. The van der Waals surface area contributed by atoms with Gasteiger partial charge in [-0.1, -0.05) is 20.8 Å². The molecule has 7 nitrogen and oxygen atoms in total. The summed E-state index contributed by atoms with van der Waals surface area (Å²) in [6.45, 7) is 12.9. The molecule has 1 amide bonds. The first-order valence-electron chi connectivity index (χ1n) is 8.11. The number of aryl methyl sites for hydroxylation is 1. The maximum atomic E-state index is 12.3. The fraction of sp³-hybridized carbons (Fsp3) is 0.688. The Bertz CT molecular complexity index is 612. The average Bonchev–Trinajstić information content (AvgIpc) is 2.46. The molecule has 0 unspecified atom stereocenters. The van der Waals surface area contributed by atoms with Gasteiger partial charge in [-0.05, 0) is 6.92 Å². The summed E-state index contributed by atoms with van der Waals surface area (Å²) < 4.78 is 0. The van der Waals surface area contributed by atoms with E-state index in [1.54, 1.807) is 6.92 Å². The van der Waals surface area contributed by atoms with Crippen molar-refractivity contribution >= 4 is 5.91 Å². The highest BCUT2D eigenvalue weighted by molar-refractivity contribution is 5.94. The molecule has 1 aromatic heterocycles. The Labute approximate surface area is 136 Å². The lowest BCUT2D eigenvalue weighted by atomic mass is 9.95. The zero-order valence-electron chi connectivity index (χ0n) is 14.5. The summed E-state index contributed by atoms with van der Waals surface area (Å²) >= 11 is 0.